The SMILES string of the molecule is CNc1nc(Cl)nc(NN2C(C)CCCC2C)n1. The van der Waals surface area contributed by atoms with Crippen molar-refractivity contribution >= 4 is 23.5 Å². The lowest BCUT2D eigenvalue weighted by molar-refractivity contribution is 0.134. The van der Waals surface area contributed by atoms with Crippen LogP contribution in [0.5, 0.6) is 0 Å². The average molecular weight is 271 g/mol. The lowest BCUT2D eigenvalue weighted by Crippen LogP contribution is -2.47. The molecule has 2 heterocycles. The molecule has 1 saturated heterocycles. The number of hydrazine groups is 1. The molecule has 2 atom stereocenters. The fourth-order valence-electron chi connectivity index (χ4n) is 2.27. The van der Waals surface area contributed by atoms with Gasteiger partial charge in [-0.3, -0.25) is 5.43 Å². The van der Waals surface area contributed by atoms with Gasteiger partial charge in [0.05, 0.1) is 0 Å². The van der Waals surface area contributed by atoms with Crippen molar-refractivity contribution in [3.05, 3.63) is 5.28 Å². The van der Waals surface area contributed by atoms with Crippen LogP contribution in [0.3, 0.4) is 0 Å². The highest BCUT2D eigenvalue weighted by atomic mass is 35.5. The molecule has 0 bridgehead atoms. The van der Waals surface area contributed by atoms with E-state index in [1.165, 1.54) is 19.3 Å². The molecular formula is C11H19ClN6. The normalized spacial score (nSPS) is 24.9. The Labute approximate surface area is 112 Å². The second-order valence-electron chi connectivity index (χ2n) is 4.65. The predicted molar refractivity (Wildman–Crippen MR) is 72.6 cm³/mol. The zero-order chi connectivity index (χ0) is 13.1. The molecule has 1 aliphatic heterocycles. The van der Waals surface area contributed by atoms with E-state index in [4.69, 9.17) is 11.6 Å². The molecule has 2 rings (SSSR count). The highest BCUT2D eigenvalue weighted by Crippen LogP contribution is 2.22. The molecule has 0 saturated carbocycles. The van der Waals surface area contributed by atoms with Crippen LogP contribution in [0, 0.1) is 0 Å². The summed E-state index contributed by atoms with van der Waals surface area (Å²) in [7, 11) is 1.75. The lowest BCUT2D eigenvalue weighted by Gasteiger charge is -2.38. The lowest BCUT2D eigenvalue weighted by atomic mass is 10.00. The van der Waals surface area contributed by atoms with Gasteiger partial charge in [0.1, 0.15) is 0 Å². The summed E-state index contributed by atoms with van der Waals surface area (Å²) in [4.78, 5) is 12.3. The molecule has 18 heavy (non-hydrogen) atoms. The second kappa shape index (κ2) is 5.67. The van der Waals surface area contributed by atoms with Crippen molar-refractivity contribution in [2.45, 2.75) is 45.2 Å². The van der Waals surface area contributed by atoms with Gasteiger partial charge >= 0.3 is 0 Å². The summed E-state index contributed by atoms with van der Waals surface area (Å²) >= 11 is 5.86. The van der Waals surface area contributed by atoms with Crippen LogP contribution in [0.4, 0.5) is 11.9 Å². The molecule has 100 valence electrons. The quantitative estimate of drug-likeness (QED) is 0.877. The number of nitrogens with one attached hydrogen (secondary N) is 2. The molecule has 6 nitrogen and oxygen atoms in total. The Hall–Kier alpha value is -1.14. The van der Waals surface area contributed by atoms with E-state index in [1.54, 1.807) is 7.05 Å². The Bertz CT molecular complexity index is 403. The molecule has 1 aliphatic rings. The summed E-state index contributed by atoms with van der Waals surface area (Å²) in [6.07, 6.45) is 3.62. The van der Waals surface area contributed by atoms with Crippen molar-refractivity contribution in [3.63, 3.8) is 0 Å². The number of hydrogen-bond acceptors (Lipinski definition) is 6. The van der Waals surface area contributed by atoms with Crippen molar-refractivity contribution in [3.8, 4) is 0 Å². The highest BCUT2D eigenvalue weighted by molar-refractivity contribution is 6.28. The van der Waals surface area contributed by atoms with Crippen LogP contribution in [-0.4, -0.2) is 39.1 Å². The summed E-state index contributed by atoms with van der Waals surface area (Å²) in [5.41, 5.74) is 3.24. The van der Waals surface area contributed by atoms with Crippen LogP contribution in [0.25, 0.3) is 0 Å². The van der Waals surface area contributed by atoms with E-state index >= 15 is 0 Å². The Morgan fingerprint density at radius 1 is 1.11 bits per heavy atom. The zero-order valence-corrected chi connectivity index (χ0v) is 11.7. The van der Waals surface area contributed by atoms with E-state index < -0.39 is 0 Å². The first-order valence-corrected chi connectivity index (χ1v) is 6.62. The monoisotopic (exact) mass is 270 g/mol. The third-order valence-electron chi connectivity index (χ3n) is 3.25. The number of hydrogen-bond donors (Lipinski definition) is 2. The minimum atomic E-state index is 0.189. The maximum Gasteiger partial charge on any atom is 0.243 e. The first-order valence-electron chi connectivity index (χ1n) is 6.24. The summed E-state index contributed by atoms with van der Waals surface area (Å²) in [5.74, 6) is 0.953. The Balaban J connectivity index is 2.14. The number of piperidine rings is 1. The number of nitrogens with zero attached hydrogens (tertiary/aromatic N) is 4. The van der Waals surface area contributed by atoms with Gasteiger partial charge in [-0.1, -0.05) is 6.42 Å². The van der Waals surface area contributed by atoms with Gasteiger partial charge in [0.15, 0.2) is 0 Å². The van der Waals surface area contributed by atoms with Crippen LogP contribution in [0.1, 0.15) is 33.1 Å². The minimum Gasteiger partial charge on any atom is -0.357 e. The number of rotatable bonds is 3. The van der Waals surface area contributed by atoms with E-state index in [2.05, 4.69) is 44.6 Å². The van der Waals surface area contributed by atoms with Gasteiger partial charge in [0, 0.05) is 19.1 Å². The Morgan fingerprint density at radius 3 is 2.33 bits per heavy atom. The van der Waals surface area contributed by atoms with Crippen molar-refractivity contribution in [1.29, 1.82) is 0 Å². The van der Waals surface area contributed by atoms with E-state index in [0.717, 1.165) is 0 Å². The number of aromatic nitrogens is 3. The minimum absolute atomic E-state index is 0.189. The standard InChI is InChI=1S/C11H19ClN6/c1-7-5-4-6-8(2)18(7)17-11-15-9(12)14-10(13-3)16-11/h7-8H,4-6H2,1-3H3,(H2,13,14,15,16,17). The molecule has 0 aromatic carbocycles. The highest BCUT2D eigenvalue weighted by Gasteiger charge is 2.25. The molecule has 2 unspecified atom stereocenters. The van der Waals surface area contributed by atoms with Crippen molar-refractivity contribution < 1.29 is 0 Å². The molecule has 0 spiro atoms. The summed E-state index contributed by atoms with van der Waals surface area (Å²) in [6, 6.07) is 0.921. The summed E-state index contributed by atoms with van der Waals surface area (Å²) in [6.45, 7) is 4.40. The third kappa shape index (κ3) is 3.00. The van der Waals surface area contributed by atoms with Gasteiger partial charge in [-0.05, 0) is 38.3 Å². The van der Waals surface area contributed by atoms with Gasteiger partial charge in [0.2, 0.25) is 17.2 Å². The Morgan fingerprint density at radius 2 is 1.72 bits per heavy atom. The van der Waals surface area contributed by atoms with Gasteiger partial charge in [-0.15, -0.1) is 0 Å². The molecule has 1 fully saturated rings. The maximum atomic E-state index is 5.86. The number of halogens is 1. The fourth-order valence-corrected chi connectivity index (χ4v) is 2.43. The first kappa shape index (κ1) is 13.3. The van der Waals surface area contributed by atoms with Crippen molar-refractivity contribution in [1.82, 2.24) is 20.0 Å². The average Bonchev–Trinajstić information content (AvgIpc) is 2.33. The molecule has 0 radical (unpaired) electrons. The van der Waals surface area contributed by atoms with Crippen LogP contribution in [0.2, 0.25) is 5.28 Å². The number of anilines is 2. The predicted octanol–water partition coefficient (Wildman–Crippen LogP) is 2.16. The van der Waals surface area contributed by atoms with Crippen molar-refractivity contribution in [2.75, 3.05) is 17.8 Å². The maximum absolute atomic E-state index is 5.86. The molecule has 1 aromatic heterocycles. The first-order chi connectivity index (χ1) is 8.60. The van der Waals surface area contributed by atoms with Crippen LogP contribution in [0.15, 0.2) is 0 Å². The molecule has 1 aromatic rings. The van der Waals surface area contributed by atoms with Gasteiger partial charge in [-0.25, -0.2) is 5.01 Å². The van der Waals surface area contributed by atoms with Crippen molar-refractivity contribution in [2.24, 2.45) is 0 Å². The smallest absolute Gasteiger partial charge is 0.243 e. The van der Waals surface area contributed by atoms with Crippen LogP contribution < -0.4 is 10.7 Å². The molecule has 7 heteroatoms. The third-order valence-corrected chi connectivity index (χ3v) is 3.42. The van der Waals surface area contributed by atoms with Gasteiger partial charge in [0.25, 0.3) is 0 Å². The topological polar surface area (TPSA) is 66.0 Å². The Kier molecular flexibility index (Phi) is 4.19. The zero-order valence-electron chi connectivity index (χ0n) is 10.9. The second-order valence-corrected chi connectivity index (χ2v) is 4.99. The van der Waals surface area contributed by atoms with Crippen LogP contribution in [-0.2, 0) is 0 Å². The molecule has 0 aliphatic carbocycles. The van der Waals surface area contributed by atoms with E-state index in [9.17, 15) is 0 Å². The summed E-state index contributed by atoms with van der Waals surface area (Å²) < 4.78 is 0. The van der Waals surface area contributed by atoms with E-state index in [0.29, 0.717) is 24.0 Å². The largest absolute Gasteiger partial charge is 0.357 e. The van der Waals surface area contributed by atoms with Crippen LogP contribution >= 0.6 is 11.6 Å². The molecule has 2 N–H and O–H groups in total. The molecular weight excluding hydrogens is 252 g/mol. The van der Waals surface area contributed by atoms with E-state index in [1.807, 2.05) is 0 Å². The molecule has 0 amide bonds. The van der Waals surface area contributed by atoms with E-state index in [-0.39, 0.29) is 5.28 Å². The van der Waals surface area contributed by atoms with Gasteiger partial charge < -0.3 is 5.32 Å². The fraction of sp³-hybridized carbons (Fsp3) is 0.727. The van der Waals surface area contributed by atoms with Gasteiger partial charge in [-0.2, -0.15) is 15.0 Å². The summed E-state index contributed by atoms with van der Waals surface area (Å²) in [5, 5.41) is 5.24.